The van der Waals surface area contributed by atoms with Crippen molar-refractivity contribution < 1.29 is 4.79 Å². The van der Waals surface area contributed by atoms with E-state index in [4.69, 9.17) is 23.2 Å². The zero-order valence-corrected chi connectivity index (χ0v) is 11.3. The molecule has 1 aliphatic rings. The van der Waals surface area contributed by atoms with Crippen molar-refractivity contribution in [3.63, 3.8) is 0 Å². The molecule has 1 atom stereocenters. The standard InChI is InChI=1S/C12H12Cl2OS/c1-12(6-3-7-16-12)11(15)8-4-2-5-9(13)10(8)14/h2,4-5H,3,6-7H2,1H3. The third-order valence-corrected chi connectivity index (χ3v) is 5.23. The van der Waals surface area contributed by atoms with Gasteiger partial charge in [-0.25, -0.2) is 0 Å². The third kappa shape index (κ3) is 2.11. The molecule has 1 aromatic rings. The van der Waals surface area contributed by atoms with Crippen molar-refractivity contribution in [2.45, 2.75) is 24.5 Å². The summed E-state index contributed by atoms with van der Waals surface area (Å²) in [4.78, 5) is 12.4. The number of hydrogen-bond acceptors (Lipinski definition) is 2. The summed E-state index contributed by atoms with van der Waals surface area (Å²) in [6, 6.07) is 5.22. The lowest BCUT2D eigenvalue weighted by Gasteiger charge is -2.21. The van der Waals surface area contributed by atoms with Crippen LogP contribution in [-0.4, -0.2) is 16.3 Å². The molecule has 0 aliphatic carbocycles. The SMILES string of the molecule is CC1(C(=O)c2cccc(Cl)c2Cl)CCCS1. The molecule has 1 heterocycles. The molecule has 0 saturated carbocycles. The van der Waals surface area contributed by atoms with E-state index in [1.165, 1.54) is 0 Å². The number of Topliss-reactive ketones (excluding diaryl/α,β-unsaturated/α-hetero) is 1. The lowest BCUT2D eigenvalue weighted by molar-refractivity contribution is 0.0949. The lowest BCUT2D eigenvalue weighted by Crippen LogP contribution is -2.28. The monoisotopic (exact) mass is 274 g/mol. The van der Waals surface area contributed by atoms with E-state index in [1.807, 2.05) is 6.92 Å². The normalized spacial score (nSPS) is 24.7. The van der Waals surface area contributed by atoms with Gasteiger partial charge in [0.05, 0.1) is 14.8 Å². The Bertz CT molecular complexity index is 425. The molecular weight excluding hydrogens is 263 g/mol. The van der Waals surface area contributed by atoms with Crippen LogP contribution in [-0.2, 0) is 0 Å². The smallest absolute Gasteiger partial charge is 0.180 e. The van der Waals surface area contributed by atoms with Crippen molar-refractivity contribution >= 4 is 40.7 Å². The number of carbonyl (C=O) groups is 1. The highest BCUT2D eigenvalue weighted by molar-refractivity contribution is 8.01. The largest absolute Gasteiger partial charge is 0.293 e. The Balaban J connectivity index is 2.37. The summed E-state index contributed by atoms with van der Waals surface area (Å²) >= 11 is 13.7. The Morgan fingerprint density at radius 1 is 1.44 bits per heavy atom. The van der Waals surface area contributed by atoms with E-state index >= 15 is 0 Å². The molecule has 2 rings (SSSR count). The van der Waals surface area contributed by atoms with Crippen LogP contribution in [0.2, 0.25) is 10.0 Å². The number of ketones is 1. The van der Waals surface area contributed by atoms with Gasteiger partial charge in [0.25, 0.3) is 0 Å². The van der Waals surface area contributed by atoms with Gasteiger partial charge in [-0.15, -0.1) is 11.8 Å². The van der Waals surface area contributed by atoms with E-state index in [0.717, 1.165) is 18.6 Å². The number of halogens is 2. The third-order valence-electron chi connectivity index (χ3n) is 2.90. The second-order valence-electron chi connectivity index (χ2n) is 4.11. The number of thioether (sulfide) groups is 1. The zero-order chi connectivity index (χ0) is 11.8. The van der Waals surface area contributed by atoms with Crippen LogP contribution in [0.3, 0.4) is 0 Å². The number of hydrogen-bond donors (Lipinski definition) is 0. The Morgan fingerprint density at radius 3 is 2.81 bits per heavy atom. The molecule has 1 saturated heterocycles. The van der Waals surface area contributed by atoms with Crippen LogP contribution in [0.5, 0.6) is 0 Å². The van der Waals surface area contributed by atoms with Gasteiger partial charge in [0, 0.05) is 5.56 Å². The highest BCUT2D eigenvalue weighted by Crippen LogP contribution is 2.41. The van der Waals surface area contributed by atoms with Crippen LogP contribution in [0, 0.1) is 0 Å². The molecule has 1 unspecified atom stereocenters. The van der Waals surface area contributed by atoms with Crippen LogP contribution in [0.4, 0.5) is 0 Å². The number of benzene rings is 1. The lowest BCUT2D eigenvalue weighted by atomic mass is 9.94. The summed E-state index contributed by atoms with van der Waals surface area (Å²) in [6.07, 6.45) is 2.00. The van der Waals surface area contributed by atoms with Gasteiger partial charge in [-0.2, -0.15) is 0 Å². The van der Waals surface area contributed by atoms with Crippen molar-refractivity contribution in [3.05, 3.63) is 33.8 Å². The van der Waals surface area contributed by atoms with Crippen molar-refractivity contribution in [3.8, 4) is 0 Å². The fourth-order valence-electron chi connectivity index (χ4n) is 1.92. The first kappa shape index (κ1) is 12.3. The molecule has 4 heteroatoms. The van der Waals surface area contributed by atoms with E-state index in [0.29, 0.717) is 15.6 Å². The van der Waals surface area contributed by atoms with Crippen LogP contribution < -0.4 is 0 Å². The summed E-state index contributed by atoms with van der Waals surface area (Å²) in [7, 11) is 0. The Morgan fingerprint density at radius 2 is 2.19 bits per heavy atom. The molecular formula is C12H12Cl2OS. The van der Waals surface area contributed by atoms with Crippen LogP contribution >= 0.6 is 35.0 Å². The fraction of sp³-hybridized carbons (Fsp3) is 0.417. The second kappa shape index (κ2) is 4.59. The molecule has 1 aromatic carbocycles. The maximum atomic E-state index is 12.4. The minimum Gasteiger partial charge on any atom is -0.293 e. The minimum atomic E-state index is -0.325. The van der Waals surface area contributed by atoms with Crippen molar-refractivity contribution in [2.75, 3.05) is 5.75 Å². The minimum absolute atomic E-state index is 0.0995. The fourth-order valence-corrected chi connectivity index (χ4v) is 3.58. The second-order valence-corrected chi connectivity index (χ2v) is 6.50. The van der Waals surface area contributed by atoms with Gasteiger partial charge < -0.3 is 0 Å². The predicted molar refractivity (Wildman–Crippen MR) is 70.9 cm³/mol. The van der Waals surface area contributed by atoms with Crippen LogP contribution in [0.15, 0.2) is 18.2 Å². The molecule has 16 heavy (non-hydrogen) atoms. The van der Waals surface area contributed by atoms with Gasteiger partial charge in [0.2, 0.25) is 0 Å². The summed E-state index contributed by atoms with van der Waals surface area (Å²) in [5.41, 5.74) is 0.547. The highest BCUT2D eigenvalue weighted by atomic mass is 35.5. The average Bonchev–Trinajstić information content (AvgIpc) is 2.70. The maximum absolute atomic E-state index is 12.4. The van der Waals surface area contributed by atoms with E-state index in [9.17, 15) is 4.79 Å². The molecule has 0 bridgehead atoms. The molecule has 0 aromatic heterocycles. The molecule has 1 fully saturated rings. The van der Waals surface area contributed by atoms with Gasteiger partial charge in [0.15, 0.2) is 5.78 Å². The van der Waals surface area contributed by atoms with Crippen molar-refractivity contribution in [1.82, 2.24) is 0 Å². The molecule has 0 N–H and O–H groups in total. The summed E-state index contributed by atoms with van der Waals surface area (Å²) in [5, 5.41) is 0.821. The number of rotatable bonds is 2. The first-order valence-corrected chi connectivity index (χ1v) is 6.91. The quantitative estimate of drug-likeness (QED) is 0.741. The van der Waals surface area contributed by atoms with E-state index in [2.05, 4.69) is 0 Å². The zero-order valence-electron chi connectivity index (χ0n) is 8.93. The summed E-state index contributed by atoms with van der Waals surface area (Å²) < 4.78 is -0.325. The van der Waals surface area contributed by atoms with Crippen LogP contribution in [0.25, 0.3) is 0 Å². The van der Waals surface area contributed by atoms with E-state index in [1.54, 1.807) is 30.0 Å². The average molecular weight is 275 g/mol. The topological polar surface area (TPSA) is 17.1 Å². The summed E-state index contributed by atoms with van der Waals surface area (Å²) in [6.45, 7) is 1.99. The Labute approximate surface area is 110 Å². The van der Waals surface area contributed by atoms with E-state index < -0.39 is 0 Å². The maximum Gasteiger partial charge on any atom is 0.180 e. The molecule has 86 valence electrons. The van der Waals surface area contributed by atoms with Crippen LogP contribution in [0.1, 0.15) is 30.1 Å². The highest BCUT2D eigenvalue weighted by Gasteiger charge is 2.38. The summed E-state index contributed by atoms with van der Waals surface area (Å²) in [5.74, 6) is 1.14. The molecule has 1 aliphatic heterocycles. The molecule has 0 amide bonds. The molecule has 0 radical (unpaired) electrons. The van der Waals surface area contributed by atoms with Gasteiger partial charge in [-0.3, -0.25) is 4.79 Å². The molecule has 0 spiro atoms. The van der Waals surface area contributed by atoms with Crippen molar-refractivity contribution in [2.24, 2.45) is 0 Å². The first-order chi connectivity index (χ1) is 7.54. The van der Waals surface area contributed by atoms with E-state index in [-0.39, 0.29) is 10.5 Å². The first-order valence-electron chi connectivity index (χ1n) is 5.17. The van der Waals surface area contributed by atoms with Gasteiger partial charge in [-0.05, 0) is 37.7 Å². The Kier molecular flexibility index (Phi) is 3.53. The predicted octanol–water partition coefficient (Wildman–Crippen LogP) is 4.46. The van der Waals surface area contributed by atoms with Gasteiger partial charge in [-0.1, -0.05) is 29.3 Å². The van der Waals surface area contributed by atoms with Gasteiger partial charge in [0.1, 0.15) is 0 Å². The Hall–Kier alpha value is -0.180. The molecule has 1 nitrogen and oxygen atoms in total. The van der Waals surface area contributed by atoms with Gasteiger partial charge >= 0.3 is 0 Å². The number of carbonyl (C=O) groups excluding carboxylic acids is 1. The van der Waals surface area contributed by atoms with Crippen molar-refractivity contribution in [1.29, 1.82) is 0 Å².